The molecule has 19 heavy (non-hydrogen) atoms. The molecule has 1 aromatic carbocycles. The molecule has 0 amide bonds. The van der Waals surface area contributed by atoms with Gasteiger partial charge < -0.3 is 5.32 Å². The minimum atomic E-state index is 0. The van der Waals surface area contributed by atoms with Gasteiger partial charge in [-0.15, -0.1) is 23.7 Å². The molecule has 0 fully saturated rings. The third kappa shape index (κ3) is 4.48. The van der Waals surface area contributed by atoms with Crippen molar-refractivity contribution < 1.29 is 0 Å². The lowest BCUT2D eigenvalue weighted by Gasteiger charge is -2.17. The fourth-order valence-corrected chi connectivity index (χ4v) is 3.49. The van der Waals surface area contributed by atoms with E-state index >= 15 is 0 Å². The zero-order valence-electron chi connectivity index (χ0n) is 11.8. The van der Waals surface area contributed by atoms with Crippen molar-refractivity contribution in [1.82, 2.24) is 5.32 Å². The van der Waals surface area contributed by atoms with Crippen LogP contribution in [-0.4, -0.2) is 12.6 Å². The summed E-state index contributed by atoms with van der Waals surface area (Å²) in [6.07, 6.45) is 4.91. The Labute approximate surface area is 126 Å². The smallest absolute Gasteiger partial charge is 0.0139 e. The molecule has 0 bridgehead atoms. The lowest BCUT2D eigenvalue weighted by Crippen LogP contribution is -2.31. The summed E-state index contributed by atoms with van der Waals surface area (Å²) in [5, 5.41) is 8.80. The molecule has 0 aliphatic carbocycles. The average Bonchev–Trinajstić information content (AvgIpc) is 2.80. The van der Waals surface area contributed by atoms with Gasteiger partial charge in [-0.05, 0) is 42.0 Å². The zero-order valence-corrected chi connectivity index (χ0v) is 13.4. The molecule has 1 nitrogen and oxygen atoms in total. The Morgan fingerprint density at radius 2 is 1.95 bits per heavy atom. The van der Waals surface area contributed by atoms with Gasteiger partial charge in [-0.2, -0.15) is 0 Å². The third-order valence-corrected chi connectivity index (χ3v) is 4.38. The zero-order chi connectivity index (χ0) is 12.8. The maximum atomic E-state index is 3.68. The van der Waals surface area contributed by atoms with Crippen LogP contribution in [-0.2, 0) is 6.42 Å². The molecular weight excluding hydrogens is 274 g/mol. The van der Waals surface area contributed by atoms with E-state index in [0.29, 0.717) is 6.04 Å². The Morgan fingerprint density at radius 1 is 1.16 bits per heavy atom. The number of nitrogens with one attached hydrogen (secondary N) is 1. The molecule has 1 N–H and O–H groups in total. The van der Waals surface area contributed by atoms with Crippen molar-refractivity contribution in [3.63, 3.8) is 0 Å². The average molecular weight is 298 g/mol. The van der Waals surface area contributed by atoms with Crippen molar-refractivity contribution in [2.75, 3.05) is 6.54 Å². The SMILES string of the molecule is CCCNC(CCC)Cc1scc2ccccc12.Cl. The van der Waals surface area contributed by atoms with E-state index in [0.717, 1.165) is 6.54 Å². The quantitative estimate of drug-likeness (QED) is 0.755. The second-order valence-electron chi connectivity index (χ2n) is 4.89. The first-order valence-electron chi connectivity index (χ1n) is 7.03. The van der Waals surface area contributed by atoms with Crippen LogP contribution in [0.15, 0.2) is 29.6 Å². The minimum absolute atomic E-state index is 0. The van der Waals surface area contributed by atoms with Gasteiger partial charge in [-0.1, -0.05) is 44.5 Å². The summed E-state index contributed by atoms with van der Waals surface area (Å²) < 4.78 is 0. The van der Waals surface area contributed by atoms with Crippen LogP contribution in [0.4, 0.5) is 0 Å². The molecule has 1 atom stereocenters. The Balaban J connectivity index is 0.00000180. The van der Waals surface area contributed by atoms with Crippen molar-refractivity contribution in [2.24, 2.45) is 0 Å². The van der Waals surface area contributed by atoms with Crippen LogP contribution in [0.25, 0.3) is 10.8 Å². The van der Waals surface area contributed by atoms with Crippen LogP contribution >= 0.6 is 23.7 Å². The van der Waals surface area contributed by atoms with Crippen molar-refractivity contribution in [2.45, 2.75) is 45.6 Å². The van der Waals surface area contributed by atoms with Gasteiger partial charge in [-0.25, -0.2) is 0 Å². The highest BCUT2D eigenvalue weighted by Crippen LogP contribution is 2.27. The molecule has 1 heterocycles. The van der Waals surface area contributed by atoms with Gasteiger partial charge in [-0.3, -0.25) is 0 Å². The van der Waals surface area contributed by atoms with Gasteiger partial charge in [0, 0.05) is 10.9 Å². The predicted octanol–water partition coefficient (Wildman–Crippen LogP) is 5.03. The molecule has 2 rings (SSSR count). The summed E-state index contributed by atoms with van der Waals surface area (Å²) in [7, 11) is 0. The Bertz CT molecular complexity index is 480. The first kappa shape index (κ1) is 16.5. The monoisotopic (exact) mass is 297 g/mol. The number of halogens is 1. The van der Waals surface area contributed by atoms with Crippen LogP contribution in [0.2, 0.25) is 0 Å². The first-order valence-corrected chi connectivity index (χ1v) is 7.91. The van der Waals surface area contributed by atoms with E-state index in [1.807, 2.05) is 11.3 Å². The predicted molar refractivity (Wildman–Crippen MR) is 89.8 cm³/mol. The van der Waals surface area contributed by atoms with E-state index in [9.17, 15) is 0 Å². The number of fused-ring (bicyclic) bond motifs is 1. The summed E-state index contributed by atoms with van der Waals surface area (Å²) >= 11 is 1.91. The standard InChI is InChI=1S/C16H23NS.ClH/c1-3-7-14(17-10-4-2)11-16-15-9-6-5-8-13(15)12-18-16;/h5-6,8-9,12,14,17H,3-4,7,10-11H2,1-2H3;1H. The molecule has 0 saturated heterocycles. The fourth-order valence-electron chi connectivity index (χ4n) is 2.41. The highest BCUT2D eigenvalue weighted by atomic mass is 35.5. The molecule has 0 aliphatic heterocycles. The maximum Gasteiger partial charge on any atom is 0.0139 e. The van der Waals surface area contributed by atoms with Gasteiger partial charge in [0.25, 0.3) is 0 Å². The van der Waals surface area contributed by atoms with Crippen molar-refractivity contribution in [3.05, 3.63) is 34.5 Å². The molecule has 0 radical (unpaired) electrons. The fraction of sp³-hybridized carbons (Fsp3) is 0.500. The lowest BCUT2D eigenvalue weighted by molar-refractivity contribution is 0.476. The van der Waals surface area contributed by atoms with Crippen molar-refractivity contribution >= 4 is 34.5 Å². The molecule has 3 heteroatoms. The van der Waals surface area contributed by atoms with E-state index in [2.05, 4.69) is 48.8 Å². The van der Waals surface area contributed by atoms with Gasteiger partial charge >= 0.3 is 0 Å². The Morgan fingerprint density at radius 3 is 2.68 bits per heavy atom. The van der Waals surface area contributed by atoms with E-state index in [4.69, 9.17) is 0 Å². The normalized spacial score (nSPS) is 12.3. The van der Waals surface area contributed by atoms with E-state index in [1.165, 1.54) is 41.3 Å². The molecule has 0 saturated carbocycles. The van der Waals surface area contributed by atoms with Gasteiger partial charge in [0.1, 0.15) is 0 Å². The molecule has 1 aromatic heterocycles. The molecule has 1 unspecified atom stereocenters. The number of hydrogen-bond donors (Lipinski definition) is 1. The Kier molecular flexibility index (Phi) is 7.44. The van der Waals surface area contributed by atoms with Crippen molar-refractivity contribution in [3.8, 4) is 0 Å². The van der Waals surface area contributed by atoms with E-state index < -0.39 is 0 Å². The van der Waals surface area contributed by atoms with Gasteiger partial charge in [0.05, 0.1) is 0 Å². The summed E-state index contributed by atoms with van der Waals surface area (Å²) in [5.74, 6) is 0. The lowest BCUT2D eigenvalue weighted by atomic mass is 10.0. The summed E-state index contributed by atoms with van der Waals surface area (Å²) in [5.41, 5.74) is 0. The molecule has 0 spiro atoms. The first-order chi connectivity index (χ1) is 8.85. The molecule has 106 valence electrons. The number of thiophene rings is 1. The largest absolute Gasteiger partial charge is 0.314 e. The second-order valence-corrected chi connectivity index (χ2v) is 5.85. The van der Waals surface area contributed by atoms with Crippen LogP contribution in [0, 0.1) is 0 Å². The minimum Gasteiger partial charge on any atom is -0.314 e. The third-order valence-electron chi connectivity index (χ3n) is 3.34. The van der Waals surface area contributed by atoms with Crippen molar-refractivity contribution in [1.29, 1.82) is 0 Å². The number of benzene rings is 1. The summed E-state index contributed by atoms with van der Waals surface area (Å²) in [6, 6.07) is 9.37. The highest BCUT2D eigenvalue weighted by molar-refractivity contribution is 7.11. The van der Waals surface area contributed by atoms with Crippen LogP contribution in [0.5, 0.6) is 0 Å². The van der Waals surface area contributed by atoms with E-state index in [1.54, 1.807) is 0 Å². The summed E-state index contributed by atoms with van der Waals surface area (Å²) in [4.78, 5) is 1.53. The van der Waals surface area contributed by atoms with Crippen LogP contribution in [0.1, 0.15) is 38.0 Å². The van der Waals surface area contributed by atoms with Crippen LogP contribution < -0.4 is 5.32 Å². The molecule has 0 aliphatic rings. The molecular formula is C16H24ClNS. The second kappa shape index (κ2) is 8.57. The Hall–Kier alpha value is -0.570. The summed E-state index contributed by atoms with van der Waals surface area (Å²) in [6.45, 7) is 5.64. The highest BCUT2D eigenvalue weighted by Gasteiger charge is 2.11. The van der Waals surface area contributed by atoms with E-state index in [-0.39, 0.29) is 12.4 Å². The maximum absolute atomic E-state index is 3.68. The topological polar surface area (TPSA) is 12.0 Å². The van der Waals surface area contributed by atoms with Gasteiger partial charge in [0.2, 0.25) is 0 Å². The molecule has 2 aromatic rings. The van der Waals surface area contributed by atoms with Crippen LogP contribution in [0.3, 0.4) is 0 Å². The van der Waals surface area contributed by atoms with Gasteiger partial charge in [0.15, 0.2) is 0 Å². The number of hydrogen-bond acceptors (Lipinski definition) is 2. The number of rotatable bonds is 7.